The molecule has 0 amide bonds. The summed E-state index contributed by atoms with van der Waals surface area (Å²) in [6, 6.07) is 1.40. The molecule has 70 valence electrons. The number of carboxylic acid groups (broad SMARTS) is 1. The summed E-state index contributed by atoms with van der Waals surface area (Å²) in [7, 11) is 0. The molecule has 0 saturated heterocycles. The number of aliphatic hydroxyl groups is 1. The van der Waals surface area contributed by atoms with Crippen molar-refractivity contribution < 1.29 is 15.0 Å². The number of nitrogens with one attached hydrogen (secondary N) is 1. The van der Waals surface area contributed by atoms with Crippen LogP contribution < -0.4 is 10.7 Å². The van der Waals surface area contributed by atoms with Gasteiger partial charge in [-0.15, -0.1) is 0 Å². The van der Waals surface area contributed by atoms with Crippen LogP contribution in [0.25, 0.3) is 0 Å². The lowest BCUT2D eigenvalue weighted by Crippen LogP contribution is -2.32. The Bertz CT molecular complexity index is 394. The molecule has 0 aliphatic heterocycles. The van der Waals surface area contributed by atoms with Crippen LogP contribution in [-0.2, 0) is 6.61 Å². The molecule has 0 radical (unpaired) electrons. The zero-order chi connectivity index (χ0) is 10.0. The van der Waals surface area contributed by atoms with Crippen LogP contribution in [0.15, 0.2) is 10.9 Å². The van der Waals surface area contributed by atoms with Gasteiger partial charge in [0.2, 0.25) is 0 Å². The number of pyridine rings is 1. The van der Waals surface area contributed by atoms with E-state index in [1.54, 1.807) is 6.92 Å². The smallest absolute Gasteiger partial charge is 0.257 e. The molecule has 0 saturated carbocycles. The van der Waals surface area contributed by atoms with E-state index < -0.39 is 23.7 Å². The van der Waals surface area contributed by atoms with Gasteiger partial charge in [0.15, 0.2) is 0 Å². The topological polar surface area (TPSA) is 93.2 Å². The molecule has 2 N–H and O–H groups in total. The molecule has 0 aliphatic rings. The van der Waals surface area contributed by atoms with Gasteiger partial charge in [-0.3, -0.25) is 4.79 Å². The molecule has 0 aromatic carbocycles. The molecule has 5 nitrogen and oxygen atoms in total. The van der Waals surface area contributed by atoms with E-state index in [1.807, 2.05) is 0 Å². The van der Waals surface area contributed by atoms with Crippen LogP contribution in [0.3, 0.4) is 0 Å². The predicted molar refractivity (Wildman–Crippen MR) is 42.1 cm³/mol. The average molecular weight is 182 g/mol. The Hall–Kier alpha value is -1.62. The minimum Gasteiger partial charge on any atom is -0.545 e. The first kappa shape index (κ1) is 9.47. The second-order valence-corrected chi connectivity index (χ2v) is 2.63. The molecular formula is C8H8NO4-. The number of H-pyrrole nitrogens is 1. The third-order valence-electron chi connectivity index (χ3n) is 1.62. The van der Waals surface area contributed by atoms with Crippen molar-refractivity contribution >= 4 is 5.97 Å². The molecule has 0 aliphatic carbocycles. The number of hydrogen-bond donors (Lipinski definition) is 2. The van der Waals surface area contributed by atoms with E-state index in [4.69, 9.17) is 5.11 Å². The summed E-state index contributed by atoms with van der Waals surface area (Å²) < 4.78 is 0. The first-order chi connectivity index (χ1) is 6.06. The molecule has 5 heteroatoms. The van der Waals surface area contributed by atoms with Gasteiger partial charge in [-0.1, -0.05) is 0 Å². The van der Waals surface area contributed by atoms with E-state index in [-0.39, 0.29) is 5.56 Å². The van der Waals surface area contributed by atoms with Crippen molar-refractivity contribution in [1.29, 1.82) is 0 Å². The second-order valence-electron chi connectivity index (χ2n) is 2.63. The van der Waals surface area contributed by atoms with Crippen LogP contribution in [0.2, 0.25) is 0 Å². The Morgan fingerprint density at radius 3 is 2.77 bits per heavy atom. The van der Waals surface area contributed by atoms with Crippen molar-refractivity contribution in [3.8, 4) is 0 Å². The number of aliphatic hydroxyl groups excluding tert-OH is 1. The van der Waals surface area contributed by atoms with E-state index >= 15 is 0 Å². The SMILES string of the molecule is Cc1cc(CO)c(C(=O)[O-])c(=O)[nH]1. The van der Waals surface area contributed by atoms with E-state index in [1.165, 1.54) is 6.07 Å². The first-order valence-electron chi connectivity index (χ1n) is 3.61. The summed E-state index contributed by atoms with van der Waals surface area (Å²) in [6.45, 7) is 1.10. The van der Waals surface area contributed by atoms with Gasteiger partial charge in [-0.25, -0.2) is 0 Å². The minimum absolute atomic E-state index is 0.0706. The molecule has 0 unspecified atom stereocenters. The third kappa shape index (κ3) is 1.75. The van der Waals surface area contributed by atoms with E-state index in [0.717, 1.165) is 0 Å². The van der Waals surface area contributed by atoms with E-state index in [2.05, 4.69) is 4.98 Å². The lowest BCUT2D eigenvalue weighted by atomic mass is 10.1. The van der Waals surface area contributed by atoms with Crippen molar-refractivity contribution in [3.05, 3.63) is 33.2 Å². The number of rotatable bonds is 2. The van der Waals surface area contributed by atoms with E-state index in [9.17, 15) is 14.7 Å². The average Bonchev–Trinajstić information content (AvgIpc) is 2.01. The zero-order valence-corrected chi connectivity index (χ0v) is 6.96. The maximum atomic E-state index is 11.1. The van der Waals surface area contributed by atoms with Crippen LogP contribution >= 0.6 is 0 Å². The summed E-state index contributed by atoms with van der Waals surface area (Å²) in [5.41, 5.74) is -0.683. The summed E-state index contributed by atoms with van der Waals surface area (Å²) >= 11 is 0. The number of aryl methyl sites for hydroxylation is 1. The van der Waals surface area contributed by atoms with Gasteiger partial charge in [-0.2, -0.15) is 0 Å². The Kier molecular flexibility index (Phi) is 2.48. The standard InChI is InChI=1S/C8H9NO4/c1-4-2-5(3-10)6(8(12)13)7(11)9-4/h2,10H,3H2,1H3,(H,9,11)(H,12,13)/p-1. The second kappa shape index (κ2) is 3.40. The van der Waals surface area contributed by atoms with Gasteiger partial charge in [0.1, 0.15) is 0 Å². The summed E-state index contributed by atoms with van der Waals surface area (Å²) in [5.74, 6) is -1.58. The summed E-state index contributed by atoms with van der Waals surface area (Å²) in [6.07, 6.45) is 0. The molecular weight excluding hydrogens is 174 g/mol. The highest BCUT2D eigenvalue weighted by atomic mass is 16.4. The van der Waals surface area contributed by atoms with Crippen LogP contribution in [0.4, 0.5) is 0 Å². The number of aromatic amines is 1. The molecule has 0 atom stereocenters. The van der Waals surface area contributed by atoms with Gasteiger partial charge in [0, 0.05) is 5.69 Å². The largest absolute Gasteiger partial charge is 0.545 e. The number of aromatic nitrogens is 1. The lowest BCUT2D eigenvalue weighted by molar-refractivity contribution is -0.255. The third-order valence-corrected chi connectivity index (χ3v) is 1.62. The summed E-state index contributed by atoms with van der Waals surface area (Å²) in [4.78, 5) is 23.9. The summed E-state index contributed by atoms with van der Waals surface area (Å²) in [5, 5.41) is 19.2. The van der Waals surface area contributed by atoms with Gasteiger partial charge in [0.25, 0.3) is 5.56 Å². The van der Waals surface area contributed by atoms with Crippen LogP contribution in [0.1, 0.15) is 21.6 Å². The van der Waals surface area contributed by atoms with Crippen molar-refractivity contribution in [1.82, 2.24) is 4.98 Å². The minimum atomic E-state index is -1.58. The fraction of sp³-hybridized carbons (Fsp3) is 0.250. The predicted octanol–water partition coefficient (Wildman–Crippen LogP) is -1.46. The Morgan fingerprint density at radius 2 is 2.31 bits per heavy atom. The van der Waals surface area contributed by atoms with E-state index in [0.29, 0.717) is 5.69 Å². The van der Waals surface area contributed by atoms with Crippen molar-refractivity contribution in [3.63, 3.8) is 0 Å². The maximum Gasteiger partial charge on any atom is 0.257 e. The highest BCUT2D eigenvalue weighted by Crippen LogP contribution is 2.03. The molecule has 1 aromatic heterocycles. The molecule has 0 fully saturated rings. The molecule has 1 rings (SSSR count). The van der Waals surface area contributed by atoms with Crippen LogP contribution in [0, 0.1) is 6.92 Å². The highest BCUT2D eigenvalue weighted by Gasteiger charge is 2.07. The van der Waals surface area contributed by atoms with Crippen LogP contribution in [0.5, 0.6) is 0 Å². The number of aromatic carboxylic acids is 1. The quantitative estimate of drug-likeness (QED) is 0.584. The maximum absolute atomic E-state index is 11.1. The van der Waals surface area contributed by atoms with Crippen LogP contribution in [-0.4, -0.2) is 16.1 Å². The number of carbonyl (C=O) groups is 1. The molecule has 0 spiro atoms. The van der Waals surface area contributed by atoms with Crippen molar-refractivity contribution in [2.75, 3.05) is 0 Å². The van der Waals surface area contributed by atoms with Gasteiger partial charge < -0.3 is 20.0 Å². The first-order valence-corrected chi connectivity index (χ1v) is 3.61. The Morgan fingerprint density at radius 1 is 1.69 bits per heavy atom. The molecule has 0 bridgehead atoms. The van der Waals surface area contributed by atoms with Gasteiger partial charge in [-0.05, 0) is 18.6 Å². The number of carbonyl (C=O) groups excluding carboxylic acids is 1. The Labute approximate surface area is 73.7 Å². The van der Waals surface area contributed by atoms with Crippen molar-refractivity contribution in [2.45, 2.75) is 13.5 Å². The molecule has 13 heavy (non-hydrogen) atoms. The fourth-order valence-electron chi connectivity index (χ4n) is 1.11. The fourth-order valence-corrected chi connectivity index (χ4v) is 1.11. The monoisotopic (exact) mass is 182 g/mol. The normalized spacial score (nSPS) is 10.0. The number of hydrogen-bond acceptors (Lipinski definition) is 4. The Balaban J connectivity index is 3.48. The molecule has 1 aromatic rings. The lowest BCUT2D eigenvalue weighted by Gasteiger charge is -2.07. The van der Waals surface area contributed by atoms with Crippen molar-refractivity contribution in [2.24, 2.45) is 0 Å². The molecule has 1 heterocycles. The van der Waals surface area contributed by atoms with Gasteiger partial charge >= 0.3 is 0 Å². The number of carboxylic acids is 1. The zero-order valence-electron chi connectivity index (χ0n) is 6.96. The van der Waals surface area contributed by atoms with Gasteiger partial charge in [0.05, 0.1) is 18.1 Å². The highest BCUT2D eigenvalue weighted by molar-refractivity contribution is 5.87.